The van der Waals surface area contributed by atoms with Gasteiger partial charge in [-0.1, -0.05) is 24.3 Å². The average Bonchev–Trinajstić information content (AvgIpc) is 2.55. The molecule has 1 saturated heterocycles. The van der Waals surface area contributed by atoms with Crippen LogP contribution in [0.4, 0.5) is 10.5 Å². The number of barbiturate groups is 1. The fraction of sp³-hybridized carbons (Fsp3) is 0. The van der Waals surface area contributed by atoms with Crippen LogP contribution in [-0.4, -0.2) is 23.0 Å². The average molecular weight is 434 g/mol. The summed E-state index contributed by atoms with van der Waals surface area (Å²) in [4.78, 5) is 37.6. The molecule has 120 valence electrons. The third-order valence-electron chi connectivity index (χ3n) is 3.40. The first-order chi connectivity index (χ1) is 11.5. The largest absolute Gasteiger partial charge is 0.507 e. The monoisotopic (exact) mass is 434 g/mol. The van der Waals surface area contributed by atoms with Crippen molar-refractivity contribution in [3.63, 3.8) is 0 Å². The summed E-state index contributed by atoms with van der Waals surface area (Å²) in [5, 5.41) is 11.7. The lowest BCUT2D eigenvalue weighted by Gasteiger charge is -2.26. The third-order valence-corrected chi connectivity index (χ3v) is 4.26. The molecule has 1 heterocycles. The van der Waals surface area contributed by atoms with Crippen LogP contribution < -0.4 is 10.2 Å². The van der Waals surface area contributed by atoms with Crippen molar-refractivity contribution in [1.29, 1.82) is 0 Å². The van der Waals surface area contributed by atoms with Crippen LogP contribution in [0.3, 0.4) is 0 Å². The van der Waals surface area contributed by atoms with Gasteiger partial charge in [0.1, 0.15) is 11.3 Å². The topological polar surface area (TPSA) is 86.7 Å². The van der Waals surface area contributed by atoms with Gasteiger partial charge in [0.2, 0.25) is 0 Å². The first kappa shape index (κ1) is 16.2. The van der Waals surface area contributed by atoms with Gasteiger partial charge in [-0.15, -0.1) is 0 Å². The number of hydrogen-bond acceptors (Lipinski definition) is 4. The van der Waals surface area contributed by atoms with Crippen molar-refractivity contribution < 1.29 is 19.5 Å². The molecule has 2 aromatic rings. The highest BCUT2D eigenvalue weighted by molar-refractivity contribution is 14.1. The van der Waals surface area contributed by atoms with Crippen LogP contribution in [0.2, 0.25) is 0 Å². The number of carbonyl (C=O) groups excluding carboxylic acids is 3. The van der Waals surface area contributed by atoms with Gasteiger partial charge in [-0.05, 0) is 58.5 Å². The van der Waals surface area contributed by atoms with Crippen molar-refractivity contribution >= 4 is 52.2 Å². The number of nitrogens with zero attached hydrogens (tertiary/aromatic N) is 1. The van der Waals surface area contributed by atoms with Crippen LogP contribution in [0.1, 0.15) is 5.56 Å². The van der Waals surface area contributed by atoms with Gasteiger partial charge < -0.3 is 5.11 Å². The van der Waals surface area contributed by atoms with Crippen LogP contribution in [0, 0.1) is 3.57 Å². The number of nitrogens with one attached hydrogen (secondary N) is 1. The molecule has 1 aliphatic rings. The second-order valence-electron chi connectivity index (χ2n) is 5.00. The molecule has 2 N–H and O–H groups in total. The van der Waals surface area contributed by atoms with Crippen molar-refractivity contribution in [2.45, 2.75) is 0 Å². The minimum atomic E-state index is -0.784. The van der Waals surface area contributed by atoms with Crippen LogP contribution in [0.25, 0.3) is 6.08 Å². The first-order valence-electron chi connectivity index (χ1n) is 6.92. The number of amides is 4. The Morgan fingerprint density at radius 3 is 2.42 bits per heavy atom. The van der Waals surface area contributed by atoms with E-state index in [1.165, 1.54) is 12.1 Å². The minimum absolute atomic E-state index is 0.110. The number of carbonyl (C=O) groups is 3. The van der Waals surface area contributed by atoms with E-state index in [0.29, 0.717) is 14.8 Å². The molecule has 0 unspecified atom stereocenters. The molecule has 0 saturated carbocycles. The first-order valence-corrected chi connectivity index (χ1v) is 8.00. The van der Waals surface area contributed by atoms with E-state index in [2.05, 4.69) is 5.32 Å². The summed E-state index contributed by atoms with van der Waals surface area (Å²) in [6.07, 6.45) is 1.39. The lowest BCUT2D eigenvalue weighted by atomic mass is 10.1. The molecule has 4 amide bonds. The van der Waals surface area contributed by atoms with Gasteiger partial charge in [-0.25, -0.2) is 9.69 Å². The minimum Gasteiger partial charge on any atom is -0.507 e. The maximum atomic E-state index is 12.6. The SMILES string of the molecule is O=C1NC(=O)N(c2ccccc2)C(=O)/C1=C/c1ccc(O)c(I)c1. The molecular weight excluding hydrogens is 423 g/mol. The number of anilines is 1. The standard InChI is InChI=1S/C17H11IN2O4/c18-13-9-10(6-7-14(13)21)8-12-15(22)19-17(24)20(16(12)23)11-4-2-1-3-5-11/h1-9,21H,(H,19,22,24)/b12-8+. The smallest absolute Gasteiger partial charge is 0.335 e. The van der Waals surface area contributed by atoms with E-state index in [9.17, 15) is 19.5 Å². The summed E-state index contributed by atoms with van der Waals surface area (Å²) in [5.41, 5.74) is 0.789. The molecule has 0 bridgehead atoms. The summed E-state index contributed by atoms with van der Waals surface area (Å²) in [5.74, 6) is -1.34. The summed E-state index contributed by atoms with van der Waals surface area (Å²) < 4.78 is 0.585. The Bertz CT molecular complexity index is 877. The van der Waals surface area contributed by atoms with E-state index < -0.39 is 17.8 Å². The van der Waals surface area contributed by atoms with Crippen molar-refractivity contribution in [2.75, 3.05) is 4.90 Å². The molecule has 7 heteroatoms. The van der Waals surface area contributed by atoms with E-state index in [4.69, 9.17) is 0 Å². The zero-order valence-electron chi connectivity index (χ0n) is 12.2. The van der Waals surface area contributed by atoms with Gasteiger partial charge in [0, 0.05) is 0 Å². The lowest BCUT2D eigenvalue weighted by molar-refractivity contribution is -0.122. The maximum Gasteiger partial charge on any atom is 0.335 e. The van der Waals surface area contributed by atoms with Gasteiger partial charge in [-0.2, -0.15) is 0 Å². The molecular formula is C17H11IN2O4. The van der Waals surface area contributed by atoms with E-state index in [1.54, 1.807) is 42.5 Å². The van der Waals surface area contributed by atoms with Gasteiger partial charge in [0.25, 0.3) is 11.8 Å². The second-order valence-corrected chi connectivity index (χ2v) is 6.17. The molecule has 0 atom stereocenters. The predicted octanol–water partition coefficient (Wildman–Crippen LogP) is 2.66. The number of para-hydroxylation sites is 1. The number of hydrogen-bond donors (Lipinski definition) is 2. The van der Waals surface area contributed by atoms with E-state index in [-0.39, 0.29) is 11.3 Å². The number of imide groups is 2. The van der Waals surface area contributed by atoms with E-state index in [1.807, 2.05) is 22.6 Å². The molecule has 0 aliphatic carbocycles. The Morgan fingerprint density at radius 2 is 1.75 bits per heavy atom. The molecule has 1 fully saturated rings. The lowest BCUT2D eigenvalue weighted by Crippen LogP contribution is -2.54. The molecule has 24 heavy (non-hydrogen) atoms. The molecule has 1 aliphatic heterocycles. The summed E-state index contributed by atoms with van der Waals surface area (Å²) in [6.45, 7) is 0. The van der Waals surface area contributed by atoms with Crippen LogP contribution in [0.15, 0.2) is 54.1 Å². The highest BCUT2D eigenvalue weighted by Crippen LogP contribution is 2.24. The number of phenolic OH excluding ortho intramolecular Hbond substituents is 1. The highest BCUT2D eigenvalue weighted by atomic mass is 127. The quantitative estimate of drug-likeness (QED) is 0.433. The van der Waals surface area contributed by atoms with Crippen molar-refractivity contribution in [3.8, 4) is 5.75 Å². The van der Waals surface area contributed by atoms with E-state index >= 15 is 0 Å². The number of aromatic hydroxyl groups is 1. The van der Waals surface area contributed by atoms with Gasteiger partial charge in [-0.3, -0.25) is 14.9 Å². The molecule has 6 nitrogen and oxygen atoms in total. The number of halogens is 1. The second kappa shape index (κ2) is 6.44. The summed E-state index contributed by atoms with van der Waals surface area (Å²) in [6, 6.07) is 12.3. The van der Waals surface area contributed by atoms with Gasteiger partial charge in [0.05, 0.1) is 9.26 Å². The molecule has 3 rings (SSSR count). The Morgan fingerprint density at radius 1 is 1.04 bits per heavy atom. The third kappa shape index (κ3) is 3.02. The fourth-order valence-corrected chi connectivity index (χ4v) is 2.79. The number of urea groups is 1. The molecule has 0 aromatic heterocycles. The fourth-order valence-electron chi connectivity index (χ4n) is 2.25. The highest BCUT2D eigenvalue weighted by Gasteiger charge is 2.36. The number of benzene rings is 2. The van der Waals surface area contributed by atoms with E-state index in [0.717, 1.165) is 4.90 Å². The molecule has 0 spiro atoms. The number of rotatable bonds is 2. The Labute approximate surface area is 150 Å². The zero-order valence-corrected chi connectivity index (χ0v) is 14.4. The van der Waals surface area contributed by atoms with Gasteiger partial charge in [0.15, 0.2) is 0 Å². The summed E-state index contributed by atoms with van der Waals surface area (Å²) >= 11 is 1.94. The summed E-state index contributed by atoms with van der Waals surface area (Å²) in [7, 11) is 0. The normalized spacial score (nSPS) is 16.5. The predicted molar refractivity (Wildman–Crippen MR) is 96.3 cm³/mol. The van der Waals surface area contributed by atoms with Crippen molar-refractivity contribution in [1.82, 2.24) is 5.32 Å². The Balaban J connectivity index is 2.02. The Hall–Kier alpha value is -2.68. The van der Waals surface area contributed by atoms with Crippen LogP contribution >= 0.6 is 22.6 Å². The molecule has 0 radical (unpaired) electrons. The van der Waals surface area contributed by atoms with Gasteiger partial charge >= 0.3 is 6.03 Å². The molecule has 2 aromatic carbocycles. The van der Waals surface area contributed by atoms with Crippen molar-refractivity contribution in [3.05, 3.63) is 63.2 Å². The maximum absolute atomic E-state index is 12.6. The van der Waals surface area contributed by atoms with Crippen molar-refractivity contribution in [2.24, 2.45) is 0 Å². The van der Waals surface area contributed by atoms with Crippen LogP contribution in [-0.2, 0) is 9.59 Å². The van der Waals surface area contributed by atoms with Crippen LogP contribution in [0.5, 0.6) is 5.75 Å². The number of phenols is 1. The Kier molecular flexibility index (Phi) is 4.34. The zero-order chi connectivity index (χ0) is 17.3.